The van der Waals surface area contributed by atoms with Gasteiger partial charge in [-0.1, -0.05) is 38.1 Å². The van der Waals surface area contributed by atoms with Crippen molar-refractivity contribution in [2.24, 2.45) is 5.92 Å². The van der Waals surface area contributed by atoms with E-state index in [1.165, 1.54) is 42.5 Å². The highest BCUT2D eigenvalue weighted by atomic mass is 19.1. The van der Waals surface area contributed by atoms with E-state index in [2.05, 4.69) is 10.6 Å². The van der Waals surface area contributed by atoms with Gasteiger partial charge in [0.05, 0.1) is 5.56 Å². The molecule has 0 saturated heterocycles. The van der Waals surface area contributed by atoms with Crippen LogP contribution in [0.15, 0.2) is 48.5 Å². The molecule has 0 spiro atoms. The lowest BCUT2D eigenvalue weighted by molar-refractivity contribution is -0.159. The Labute approximate surface area is 179 Å². The molecule has 6 nitrogen and oxygen atoms in total. The van der Waals surface area contributed by atoms with Gasteiger partial charge in [0, 0.05) is 11.6 Å². The summed E-state index contributed by atoms with van der Waals surface area (Å²) >= 11 is 0. The zero-order valence-electron chi connectivity index (χ0n) is 17.2. The predicted molar refractivity (Wildman–Crippen MR) is 109 cm³/mol. The Bertz CT molecular complexity index is 958. The fourth-order valence-corrected chi connectivity index (χ4v) is 2.97. The van der Waals surface area contributed by atoms with Crippen LogP contribution in [-0.4, -0.2) is 29.9 Å². The molecule has 1 saturated carbocycles. The molecular formula is C23H24F2N2O4. The van der Waals surface area contributed by atoms with Crippen LogP contribution < -0.4 is 10.6 Å². The smallest absolute Gasteiger partial charge is 0.330 e. The van der Waals surface area contributed by atoms with Crippen molar-refractivity contribution < 1.29 is 27.9 Å². The number of ether oxygens (including phenoxy) is 1. The van der Waals surface area contributed by atoms with Gasteiger partial charge in [-0.05, 0) is 43.0 Å². The second-order valence-electron chi connectivity index (χ2n) is 7.83. The lowest BCUT2D eigenvalue weighted by Gasteiger charge is -2.24. The third kappa shape index (κ3) is 5.87. The van der Waals surface area contributed by atoms with E-state index in [0.717, 1.165) is 18.9 Å². The molecular weight excluding hydrogens is 406 g/mol. The molecule has 8 heteroatoms. The van der Waals surface area contributed by atoms with Crippen LogP contribution in [0, 0.1) is 17.6 Å². The predicted octanol–water partition coefficient (Wildman–Crippen LogP) is 3.28. The number of rotatable bonds is 8. The monoisotopic (exact) mass is 430 g/mol. The van der Waals surface area contributed by atoms with Gasteiger partial charge in [0.1, 0.15) is 17.7 Å². The van der Waals surface area contributed by atoms with Crippen molar-refractivity contribution in [3.63, 3.8) is 0 Å². The van der Waals surface area contributed by atoms with Crippen molar-refractivity contribution in [3.05, 3.63) is 71.3 Å². The quantitative estimate of drug-likeness (QED) is 0.630. The van der Waals surface area contributed by atoms with Crippen LogP contribution in [0.1, 0.15) is 48.7 Å². The zero-order valence-corrected chi connectivity index (χ0v) is 17.2. The molecule has 164 valence electrons. The Kier molecular flexibility index (Phi) is 6.99. The number of halogens is 2. The molecule has 2 amide bonds. The summed E-state index contributed by atoms with van der Waals surface area (Å²) in [4.78, 5) is 38.1. The summed E-state index contributed by atoms with van der Waals surface area (Å²) in [7, 11) is 0. The van der Waals surface area contributed by atoms with E-state index in [0.29, 0.717) is 5.56 Å². The molecule has 1 unspecified atom stereocenters. The van der Waals surface area contributed by atoms with Gasteiger partial charge in [0.25, 0.3) is 11.8 Å². The van der Waals surface area contributed by atoms with Crippen molar-refractivity contribution in [2.75, 3.05) is 0 Å². The minimum atomic E-state index is -1.31. The van der Waals surface area contributed by atoms with E-state index < -0.39 is 47.5 Å². The molecule has 0 bridgehead atoms. The molecule has 1 fully saturated rings. The average molecular weight is 430 g/mol. The first-order valence-corrected chi connectivity index (χ1v) is 10.1. The van der Waals surface area contributed by atoms with E-state index in [9.17, 15) is 23.2 Å². The number of hydrogen-bond acceptors (Lipinski definition) is 4. The standard InChI is InChI=1S/C23H24F2N2O4/c1-13(2)19(27-21(28)17-5-3-4-6-18(17)25)23(30)31-20(22(29)26-16-11-12-16)14-7-9-15(24)10-8-14/h3-10,13,16,19-20H,11-12H2,1-2H3,(H,26,29)(H,27,28)/t19-,20?/m0/s1. The molecule has 1 aliphatic carbocycles. The number of benzene rings is 2. The Morgan fingerprint density at radius 3 is 2.23 bits per heavy atom. The van der Waals surface area contributed by atoms with Crippen LogP contribution in [0.4, 0.5) is 8.78 Å². The van der Waals surface area contributed by atoms with Crippen LogP contribution in [0.25, 0.3) is 0 Å². The topological polar surface area (TPSA) is 84.5 Å². The van der Waals surface area contributed by atoms with Crippen LogP contribution in [0.3, 0.4) is 0 Å². The van der Waals surface area contributed by atoms with Crippen LogP contribution in [0.2, 0.25) is 0 Å². The van der Waals surface area contributed by atoms with Gasteiger partial charge in [0.15, 0.2) is 0 Å². The fraction of sp³-hybridized carbons (Fsp3) is 0.348. The number of hydrogen-bond donors (Lipinski definition) is 2. The summed E-state index contributed by atoms with van der Waals surface area (Å²) in [6.45, 7) is 3.37. The highest BCUT2D eigenvalue weighted by molar-refractivity contribution is 5.97. The van der Waals surface area contributed by atoms with Crippen LogP contribution >= 0.6 is 0 Å². The minimum absolute atomic E-state index is 0.0239. The van der Waals surface area contributed by atoms with Gasteiger partial charge < -0.3 is 15.4 Å². The van der Waals surface area contributed by atoms with Crippen LogP contribution in [-0.2, 0) is 14.3 Å². The molecule has 0 aliphatic heterocycles. The maximum atomic E-state index is 13.9. The Morgan fingerprint density at radius 2 is 1.65 bits per heavy atom. The number of esters is 1. The van der Waals surface area contributed by atoms with E-state index in [1.807, 2.05) is 0 Å². The van der Waals surface area contributed by atoms with E-state index in [4.69, 9.17) is 4.74 Å². The lowest BCUT2D eigenvalue weighted by Crippen LogP contribution is -2.47. The maximum Gasteiger partial charge on any atom is 0.330 e. The SMILES string of the molecule is CC(C)[C@H](NC(=O)c1ccccc1F)C(=O)OC(C(=O)NC1CC1)c1ccc(F)cc1. The third-order valence-electron chi connectivity index (χ3n) is 4.89. The Hall–Kier alpha value is -3.29. The second-order valence-corrected chi connectivity index (χ2v) is 7.83. The van der Waals surface area contributed by atoms with Crippen molar-refractivity contribution in [2.45, 2.75) is 44.9 Å². The molecule has 2 atom stereocenters. The largest absolute Gasteiger partial charge is 0.446 e. The van der Waals surface area contributed by atoms with Gasteiger partial charge in [-0.15, -0.1) is 0 Å². The van der Waals surface area contributed by atoms with Gasteiger partial charge >= 0.3 is 5.97 Å². The molecule has 2 N–H and O–H groups in total. The summed E-state index contributed by atoms with van der Waals surface area (Å²) in [6.07, 6.45) is 0.368. The van der Waals surface area contributed by atoms with Gasteiger partial charge in [0.2, 0.25) is 6.10 Å². The van der Waals surface area contributed by atoms with E-state index >= 15 is 0 Å². The maximum absolute atomic E-state index is 13.9. The van der Waals surface area contributed by atoms with E-state index in [1.54, 1.807) is 13.8 Å². The molecule has 0 heterocycles. The second kappa shape index (κ2) is 9.68. The number of amides is 2. The number of nitrogens with one attached hydrogen (secondary N) is 2. The molecule has 2 aromatic carbocycles. The minimum Gasteiger partial charge on any atom is -0.446 e. The fourth-order valence-electron chi connectivity index (χ4n) is 2.97. The molecule has 3 rings (SSSR count). The highest BCUT2D eigenvalue weighted by Gasteiger charge is 2.34. The van der Waals surface area contributed by atoms with Gasteiger partial charge in [-0.2, -0.15) is 0 Å². The Morgan fingerprint density at radius 1 is 1.00 bits per heavy atom. The number of carbonyl (C=O) groups excluding carboxylic acids is 3. The summed E-state index contributed by atoms with van der Waals surface area (Å²) in [5.74, 6) is -3.75. The summed E-state index contributed by atoms with van der Waals surface area (Å²) < 4.78 is 32.7. The molecule has 0 aromatic heterocycles. The lowest BCUT2D eigenvalue weighted by atomic mass is 10.0. The first-order valence-electron chi connectivity index (χ1n) is 10.1. The Balaban J connectivity index is 1.78. The van der Waals surface area contributed by atoms with Crippen molar-refractivity contribution in [3.8, 4) is 0 Å². The van der Waals surface area contributed by atoms with Gasteiger partial charge in [-0.3, -0.25) is 9.59 Å². The summed E-state index contributed by atoms with van der Waals surface area (Å²) in [6, 6.07) is 9.37. The highest BCUT2D eigenvalue weighted by Crippen LogP contribution is 2.24. The van der Waals surface area contributed by atoms with Crippen molar-refractivity contribution in [1.29, 1.82) is 0 Å². The first kappa shape index (κ1) is 22.4. The van der Waals surface area contributed by atoms with Crippen LogP contribution in [0.5, 0.6) is 0 Å². The summed E-state index contributed by atoms with van der Waals surface area (Å²) in [5, 5.41) is 5.25. The molecule has 31 heavy (non-hydrogen) atoms. The summed E-state index contributed by atoms with van der Waals surface area (Å²) in [5.41, 5.74) is 0.0957. The molecule has 0 radical (unpaired) electrons. The van der Waals surface area contributed by atoms with E-state index in [-0.39, 0.29) is 11.6 Å². The molecule has 2 aromatic rings. The zero-order chi connectivity index (χ0) is 22.5. The first-order chi connectivity index (χ1) is 14.8. The third-order valence-corrected chi connectivity index (χ3v) is 4.89. The molecule has 1 aliphatic rings. The average Bonchev–Trinajstić information content (AvgIpc) is 3.54. The van der Waals surface area contributed by atoms with Crippen molar-refractivity contribution in [1.82, 2.24) is 10.6 Å². The number of carbonyl (C=O) groups is 3. The normalized spacial score (nSPS) is 15.1. The van der Waals surface area contributed by atoms with Gasteiger partial charge in [-0.25, -0.2) is 13.6 Å². The van der Waals surface area contributed by atoms with Crippen molar-refractivity contribution >= 4 is 17.8 Å².